The van der Waals surface area contributed by atoms with Crippen LogP contribution in [0.25, 0.3) is 22.5 Å². The van der Waals surface area contributed by atoms with E-state index in [-0.39, 0.29) is 11.5 Å². The second-order valence-corrected chi connectivity index (χ2v) is 7.38. The molecule has 2 aromatic heterocycles. The first kappa shape index (κ1) is 15.7. The first-order valence-corrected chi connectivity index (χ1v) is 8.77. The van der Waals surface area contributed by atoms with E-state index in [1.807, 2.05) is 38.3 Å². The number of hydrogen-bond donors (Lipinski definition) is 2. The minimum absolute atomic E-state index is 0.0396. The summed E-state index contributed by atoms with van der Waals surface area (Å²) in [4.78, 5) is 28.3. The summed E-state index contributed by atoms with van der Waals surface area (Å²) in [5.74, 6) is -0.0396. The van der Waals surface area contributed by atoms with Crippen LogP contribution in [0, 0.1) is 6.92 Å². The van der Waals surface area contributed by atoms with Crippen LogP contribution in [0.2, 0.25) is 0 Å². The van der Waals surface area contributed by atoms with Gasteiger partial charge in [-0.05, 0) is 44.0 Å². The molecule has 0 unspecified atom stereocenters. The van der Waals surface area contributed by atoms with E-state index >= 15 is 0 Å². The number of nitrogens with zero attached hydrogens (tertiary/aromatic N) is 2. The highest BCUT2D eigenvalue weighted by Gasteiger charge is 2.40. The van der Waals surface area contributed by atoms with E-state index in [2.05, 4.69) is 20.5 Å². The Hall–Kier alpha value is -2.80. The molecule has 6 nitrogen and oxygen atoms in total. The molecule has 1 aromatic carbocycles. The fraction of sp³-hybridized carbons (Fsp3) is 0.222. The number of amides is 1. The summed E-state index contributed by atoms with van der Waals surface area (Å²) in [6.07, 6.45) is 0. The van der Waals surface area contributed by atoms with E-state index in [0.717, 1.165) is 33.6 Å². The van der Waals surface area contributed by atoms with Crippen LogP contribution in [-0.4, -0.2) is 21.1 Å². The molecule has 0 fully saturated rings. The van der Waals surface area contributed by atoms with Gasteiger partial charge in [0.05, 0.1) is 28.0 Å². The van der Waals surface area contributed by atoms with Crippen molar-refractivity contribution in [1.29, 1.82) is 0 Å². The topological polar surface area (TPSA) is 87.7 Å². The number of aromatic amines is 1. The molecule has 25 heavy (non-hydrogen) atoms. The third-order valence-electron chi connectivity index (χ3n) is 4.60. The van der Waals surface area contributed by atoms with Crippen LogP contribution < -0.4 is 10.9 Å². The van der Waals surface area contributed by atoms with Crippen LogP contribution in [0.1, 0.15) is 25.0 Å². The number of aryl methyl sites for hydroxylation is 1. The number of carbonyl (C=O) groups is 1. The van der Waals surface area contributed by atoms with Crippen molar-refractivity contribution in [2.45, 2.75) is 26.2 Å². The average molecular weight is 352 g/mol. The second-order valence-electron chi connectivity index (χ2n) is 6.66. The van der Waals surface area contributed by atoms with Gasteiger partial charge in [0.15, 0.2) is 0 Å². The number of H-pyrrole nitrogens is 1. The average Bonchev–Trinajstić information content (AvgIpc) is 3.15. The molecule has 2 N–H and O–H groups in total. The molecule has 7 heteroatoms. The Balaban J connectivity index is 2.02. The number of hydrogen-bond acceptors (Lipinski definition) is 5. The Kier molecular flexibility index (Phi) is 3.36. The minimum atomic E-state index is -0.647. The summed E-state index contributed by atoms with van der Waals surface area (Å²) in [7, 11) is 0. The van der Waals surface area contributed by atoms with Gasteiger partial charge in [-0.1, -0.05) is 0 Å². The van der Waals surface area contributed by atoms with Crippen LogP contribution >= 0.6 is 11.3 Å². The molecule has 3 aromatic rings. The number of rotatable bonds is 2. The zero-order valence-corrected chi connectivity index (χ0v) is 14.8. The van der Waals surface area contributed by atoms with Crippen molar-refractivity contribution < 1.29 is 4.79 Å². The van der Waals surface area contributed by atoms with Gasteiger partial charge in [0.25, 0.3) is 5.56 Å². The third-order valence-corrected chi connectivity index (χ3v) is 5.19. The maximum atomic E-state index is 12.4. The van der Waals surface area contributed by atoms with Crippen LogP contribution in [0.4, 0.5) is 5.69 Å². The number of nitrogens with one attached hydrogen (secondary N) is 2. The number of thiazole rings is 1. The highest BCUT2D eigenvalue weighted by atomic mass is 32.1. The molecule has 1 aliphatic rings. The molecule has 3 heterocycles. The highest BCUT2D eigenvalue weighted by molar-refractivity contribution is 7.07. The summed E-state index contributed by atoms with van der Waals surface area (Å²) < 4.78 is 0. The number of benzene rings is 1. The van der Waals surface area contributed by atoms with E-state index in [0.29, 0.717) is 5.69 Å². The van der Waals surface area contributed by atoms with Crippen LogP contribution in [0.15, 0.2) is 33.9 Å². The lowest BCUT2D eigenvalue weighted by Gasteiger charge is -2.17. The Morgan fingerprint density at radius 1 is 1.16 bits per heavy atom. The van der Waals surface area contributed by atoms with Crippen molar-refractivity contribution in [3.8, 4) is 22.5 Å². The molecule has 0 saturated heterocycles. The molecule has 1 aliphatic heterocycles. The maximum Gasteiger partial charge on any atom is 0.264 e. The van der Waals surface area contributed by atoms with Gasteiger partial charge < -0.3 is 5.32 Å². The van der Waals surface area contributed by atoms with E-state index in [9.17, 15) is 9.59 Å². The maximum absolute atomic E-state index is 12.4. The predicted octanol–water partition coefficient (Wildman–Crippen LogP) is 3.10. The molecule has 0 aliphatic carbocycles. The van der Waals surface area contributed by atoms with Gasteiger partial charge in [0, 0.05) is 22.6 Å². The molecular weight excluding hydrogens is 336 g/mol. The van der Waals surface area contributed by atoms with Crippen molar-refractivity contribution in [1.82, 2.24) is 15.2 Å². The van der Waals surface area contributed by atoms with Crippen molar-refractivity contribution in [2.24, 2.45) is 0 Å². The number of aromatic nitrogens is 3. The predicted molar refractivity (Wildman–Crippen MR) is 97.8 cm³/mol. The highest BCUT2D eigenvalue weighted by Crippen LogP contribution is 2.45. The number of carbonyl (C=O) groups excluding carboxylic acids is 1. The second kappa shape index (κ2) is 5.35. The van der Waals surface area contributed by atoms with Gasteiger partial charge in [-0.2, -0.15) is 5.10 Å². The zero-order chi connectivity index (χ0) is 17.8. The van der Waals surface area contributed by atoms with E-state index < -0.39 is 5.41 Å². The van der Waals surface area contributed by atoms with Gasteiger partial charge in [0.2, 0.25) is 5.91 Å². The van der Waals surface area contributed by atoms with E-state index in [4.69, 9.17) is 0 Å². The number of fused-ring (bicyclic) bond motifs is 1. The number of anilines is 1. The summed E-state index contributed by atoms with van der Waals surface area (Å²) >= 11 is 1.50. The first-order chi connectivity index (χ1) is 11.9. The molecular formula is C18H16N4O2S. The SMILES string of the molecule is Cc1cc(=O)[nH]nc1-c1cc(-c2cscn2)c2c(c1)C(C)(C)C(=O)N2. The third kappa shape index (κ3) is 2.39. The smallest absolute Gasteiger partial charge is 0.264 e. The van der Waals surface area contributed by atoms with Crippen molar-refractivity contribution >= 4 is 22.9 Å². The van der Waals surface area contributed by atoms with Crippen molar-refractivity contribution in [3.63, 3.8) is 0 Å². The van der Waals surface area contributed by atoms with Crippen molar-refractivity contribution in [3.05, 3.63) is 50.6 Å². The van der Waals surface area contributed by atoms with Gasteiger partial charge in [-0.3, -0.25) is 9.59 Å². The Morgan fingerprint density at radius 3 is 2.64 bits per heavy atom. The van der Waals surface area contributed by atoms with Gasteiger partial charge >= 0.3 is 0 Å². The quantitative estimate of drug-likeness (QED) is 0.742. The first-order valence-electron chi connectivity index (χ1n) is 7.83. The molecule has 0 bridgehead atoms. The summed E-state index contributed by atoms with van der Waals surface area (Å²) in [5.41, 5.74) is 6.57. The summed E-state index contributed by atoms with van der Waals surface area (Å²) in [6, 6.07) is 5.45. The lowest BCUT2D eigenvalue weighted by atomic mass is 9.83. The molecule has 4 rings (SSSR count). The Bertz CT molecular complexity index is 1050. The normalized spacial score (nSPS) is 15.1. The van der Waals surface area contributed by atoms with Crippen LogP contribution in [-0.2, 0) is 10.2 Å². The fourth-order valence-corrected chi connectivity index (χ4v) is 3.69. The van der Waals surface area contributed by atoms with Crippen molar-refractivity contribution in [2.75, 3.05) is 5.32 Å². The van der Waals surface area contributed by atoms with Crippen LogP contribution in [0.3, 0.4) is 0 Å². The lowest BCUT2D eigenvalue weighted by Crippen LogP contribution is -2.26. The molecule has 1 amide bonds. The van der Waals surface area contributed by atoms with Gasteiger partial charge in [-0.15, -0.1) is 11.3 Å². The van der Waals surface area contributed by atoms with Crippen LogP contribution in [0.5, 0.6) is 0 Å². The Morgan fingerprint density at radius 2 is 1.96 bits per heavy atom. The van der Waals surface area contributed by atoms with E-state index in [1.165, 1.54) is 17.4 Å². The summed E-state index contributed by atoms with van der Waals surface area (Å²) in [5, 5.41) is 11.6. The largest absolute Gasteiger partial charge is 0.324 e. The van der Waals surface area contributed by atoms with Gasteiger partial charge in [-0.25, -0.2) is 10.1 Å². The molecule has 0 radical (unpaired) electrons. The van der Waals surface area contributed by atoms with E-state index in [1.54, 1.807) is 5.51 Å². The fourth-order valence-electron chi connectivity index (χ4n) is 3.13. The lowest BCUT2D eigenvalue weighted by molar-refractivity contribution is -0.119. The molecule has 0 spiro atoms. The molecule has 126 valence electrons. The molecule has 0 saturated carbocycles. The monoisotopic (exact) mass is 352 g/mol. The molecule has 0 atom stereocenters. The zero-order valence-electron chi connectivity index (χ0n) is 14.0. The minimum Gasteiger partial charge on any atom is -0.324 e. The summed E-state index contributed by atoms with van der Waals surface area (Å²) in [6.45, 7) is 5.65. The Labute approximate surface area is 148 Å². The van der Waals surface area contributed by atoms with Gasteiger partial charge in [0.1, 0.15) is 0 Å². The standard InChI is InChI=1S/C18H16N4O2S/c1-9-4-14(23)21-22-15(9)10-5-11(13-7-25-8-19-13)16-12(6-10)18(2,3)17(24)20-16/h4-8H,1-3H3,(H,20,24)(H,21,23).